The average molecular weight is 189 g/mol. The minimum atomic E-state index is 0.402. The van der Waals surface area contributed by atoms with Crippen LogP contribution in [0.15, 0.2) is 0 Å². The molecule has 0 aromatic carbocycles. The third kappa shape index (κ3) is 2.65. The lowest BCUT2D eigenvalue weighted by Crippen LogP contribution is -2.11. The molecule has 0 radical (unpaired) electrons. The van der Waals surface area contributed by atoms with Crippen LogP contribution in [-0.4, -0.2) is 5.38 Å². The molecule has 1 unspecified atom stereocenters. The van der Waals surface area contributed by atoms with E-state index in [1.807, 2.05) is 0 Å². The molecule has 1 saturated carbocycles. The Kier molecular flexibility index (Phi) is 3.89. The number of hydrogen-bond donors (Lipinski definition) is 0. The summed E-state index contributed by atoms with van der Waals surface area (Å²) >= 11 is 6.14. The predicted octanol–water partition coefficient (Wildman–Crippen LogP) is 4.36. The smallest absolute Gasteiger partial charge is 0.0364 e. The minimum Gasteiger partial charge on any atom is -0.123 e. The predicted molar refractivity (Wildman–Crippen MR) is 55.7 cm³/mol. The van der Waals surface area contributed by atoms with Gasteiger partial charge in [0.05, 0.1) is 0 Å². The molecule has 0 heterocycles. The molecule has 0 saturated heterocycles. The molecule has 1 heteroatoms. The van der Waals surface area contributed by atoms with Gasteiger partial charge in [-0.1, -0.05) is 32.6 Å². The molecule has 1 rings (SSSR count). The largest absolute Gasteiger partial charge is 0.123 e. The standard InChI is InChI=1S/C11H21Cl/c1-3-4-5-6-7-11(8-9-11)10(2)12/h10H,3-9H2,1-2H3. The highest BCUT2D eigenvalue weighted by Gasteiger charge is 2.45. The summed E-state index contributed by atoms with van der Waals surface area (Å²) in [7, 11) is 0. The van der Waals surface area contributed by atoms with Crippen molar-refractivity contribution in [2.75, 3.05) is 0 Å². The van der Waals surface area contributed by atoms with Crippen LogP contribution in [0.1, 0.15) is 58.8 Å². The zero-order valence-corrected chi connectivity index (χ0v) is 9.16. The zero-order chi connectivity index (χ0) is 9.03. The summed E-state index contributed by atoms with van der Waals surface area (Å²) in [6.45, 7) is 4.42. The highest BCUT2D eigenvalue weighted by atomic mass is 35.5. The number of rotatable bonds is 6. The molecule has 0 aliphatic heterocycles. The van der Waals surface area contributed by atoms with E-state index in [9.17, 15) is 0 Å². The Bertz CT molecular complexity index is 125. The topological polar surface area (TPSA) is 0 Å². The van der Waals surface area contributed by atoms with Gasteiger partial charge in [0.1, 0.15) is 0 Å². The molecule has 12 heavy (non-hydrogen) atoms. The highest BCUT2D eigenvalue weighted by Crippen LogP contribution is 2.54. The molecule has 0 aromatic heterocycles. The van der Waals surface area contributed by atoms with Gasteiger partial charge in [-0.3, -0.25) is 0 Å². The van der Waals surface area contributed by atoms with Crippen LogP contribution in [0.2, 0.25) is 0 Å². The van der Waals surface area contributed by atoms with Crippen LogP contribution < -0.4 is 0 Å². The molecule has 1 fully saturated rings. The average Bonchev–Trinajstić information content (AvgIpc) is 2.79. The van der Waals surface area contributed by atoms with E-state index >= 15 is 0 Å². The van der Waals surface area contributed by atoms with Crippen LogP contribution in [0.25, 0.3) is 0 Å². The summed E-state index contributed by atoms with van der Waals surface area (Å²) in [5.74, 6) is 0. The molecule has 0 N–H and O–H groups in total. The fourth-order valence-corrected chi connectivity index (χ4v) is 2.24. The van der Waals surface area contributed by atoms with Crippen molar-refractivity contribution in [1.29, 1.82) is 0 Å². The van der Waals surface area contributed by atoms with Gasteiger partial charge in [0.15, 0.2) is 0 Å². The summed E-state index contributed by atoms with van der Waals surface area (Å²) in [5, 5.41) is 0.402. The van der Waals surface area contributed by atoms with Crippen LogP contribution in [0.5, 0.6) is 0 Å². The molecular weight excluding hydrogens is 168 g/mol. The monoisotopic (exact) mass is 188 g/mol. The van der Waals surface area contributed by atoms with Crippen molar-refractivity contribution in [3.8, 4) is 0 Å². The van der Waals surface area contributed by atoms with E-state index in [4.69, 9.17) is 11.6 Å². The molecule has 1 atom stereocenters. The molecule has 1 aliphatic rings. The van der Waals surface area contributed by atoms with E-state index in [0.717, 1.165) is 0 Å². The van der Waals surface area contributed by atoms with E-state index in [0.29, 0.717) is 10.8 Å². The maximum Gasteiger partial charge on any atom is 0.0364 e. The Morgan fingerprint density at radius 2 is 1.92 bits per heavy atom. The Balaban J connectivity index is 2.06. The van der Waals surface area contributed by atoms with Crippen LogP contribution in [-0.2, 0) is 0 Å². The molecule has 1 aliphatic carbocycles. The Labute approximate surface area is 81.7 Å². The van der Waals surface area contributed by atoms with Crippen LogP contribution >= 0.6 is 11.6 Å². The van der Waals surface area contributed by atoms with Crippen molar-refractivity contribution in [2.45, 2.75) is 64.2 Å². The fourth-order valence-electron chi connectivity index (χ4n) is 1.91. The van der Waals surface area contributed by atoms with Crippen molar-refractivity contribution in [3.63, 3.8) is 0 Å². The van der Waals surface area contributed by atoms with Crippen molar-refractivity contribution >= 4 is 11.6 Å². The third-order valence-corrected chi connectivity index (χ3v) is 3.73. The Morgan fingerprint density at radius 3 is 2.33 bits per heavy atom. The third-order valence-electron chi connectivity index (χ3n) is 3.26. The lowest BCUT2D eigenvalue weighted by molar-refractivity contribution is 0.427. The van der Waals surface area contributed by atoms with Gasteiger partial charge in [-0.05, 0) is 31.6 Å². The maximum atomic E-state index is 6.14. The lowest BCUT2D eigenvalue weighted by Gasteiger charge is -2.16. The second kappa shape index (κ2) is 4.50. The van der Waals surface area contributed by atoms with Gasteiger partial charge in [0, 0.05) is 5.38 Å². The molecule has 0 bridgehead atoms. The van der Waals surface area contributed by atoms with Gasteiger partial charge >= 0.3 is 0 Å². The molecule has 0 nitrogen and oxygen atoms in total. The van der Waals surface area contributed by atoms with E-state index in [2.05, 4.69) is 13.8 Å². The summed E-state index contributed by atoms with van der Waals surface area (Å²) in [4.78, 5) is 0. The van der Waals surface area contributed by atoms with E-state index < -0.39 is 0 Å². The first-order valence-corrected chi connectivity index (χ1v) is 5.79. The SMILES string of the molecule is CCCCCCC1(C(C)Cl)CC1. The maximum absolute atomic E-state index is 6.14. The number of unbranched alkanes of at least 4 members (excludes halogenated alkanes) is 3. The van der Waals surface area contributed by atoms with Gasteiger partial charge in [-0.25, -0.2) is 0 Å². The van der Waals surface area contributed by atoms with Gasteiger partial charge in [0.2, 0.25) is 0 Å². The van der Waals surface area contributed by atoms with Gasteiger partial charge in [-0.15, -0.1) is 11.6 Å². The first-order valence-electron chi connectivity index (χ1n) is 5.35. The quantitative estimate of drug-likeness (QED) is 0.429. The van der Waals surface area contributed by atoms with Crippen molar-refractivity contribution in [2.24, 2.45) is 5.41 Å². The number of hydrogen-bond acceptors (Lipinski definition) is 0. The Hall–Kier alpha value is 0.290. The molecule has 72 valence electrons. The summed E-state index contributed by atoms with van der Waals surface area (Å²) in [6, 6.07) is 0. The Morgan fingerprint density at radius 1 is 1.25 bits per heavy atom. The van der Waals surface area contributed by atoms with E-state index in [-0.39, 0.29) is 0 Å². The summed E-state index contributed by atoms with van der Waals surface area (Å²) in [6.07, 6.45) is 9.66. The van der Waals surface area contributed by atoms with Crippen LogP contribution in [0.4, 0.5) is 0 Å². The van der Waals surface area contributed by atoms with Crippen LogP contribution in [0.3, 0.4) is 0 Å². The lowest BCUT2D eigenvalue weighted by atomic mass is 9.95. The molecule has 0 spiro atoms. The fraction of sp³-hybridized carbons (Fsp3) is 1.00. The first-order chi connectivity index (χ1) is 5.71. The van der Waals surface area contributed by atoms with Gasteiger partial charge in [-0.2, -0.15) is 0 Å². The van der Waals surface area contributed by atoms with Gasteiger partial charge in [0.25, 0.3) is 0 Å². The second-order valence-electron chi connectivity index (χ2n) is 4.29. The summed E-state index contributed by atoms with van der Waals surface area (Å²) < 4.78 is 0. The zero-order valence-electron chi connectivity index (χ0n) is 8.41. The normalized spacial score (nSPS) is 22.2. The van der Waals surface area contributed by atoms with Crippen molar-refractivity contribution in [3.05, 3.63) is 0 Å². The second-order valence-corrected chi connectivity index (χ2v) is 4.94. The summed E-state index contributed by atoms with van der Waals surface area (Å²) in [5.41, 5.74) is 0.565. The molecule has 0 aromatic rings. The molecular formula is C11H21Cl. The highest BCUT2D eigenvalue weighted by molar-refractivity contribution is 6.21. The first kappa shape index (κ1) is 10.4. The molecule has 0 amide bonds. The van der Waals surface area contributed by atoms with Crippen molar-refractivity contribution < 1.29 is 0 Å². The van der Waals surface area contributed by atoms with Gasteiger partial charge < -0.3 is 0 Å². The van der Waals surface area contributed by atoms with E-state index in [1.165, 1.54) is 44.9 Å². The number of alkyl halides is 1. The van der Waals surface area contributed by atoms with Crippen molar-refractivity contribution in [1.82, 2.24) is 0 Å². The van der Waals surface area contributed by atoms with E-state index in [1.54, 1.807) is 0 Å². The van der Waals surface area contributed by atoms with Crippen LogP contribution in [0, 0.1) is 5.41 Å². The minimum absolute atomic E-state index is 0.402. The number of halogens is 1.